The number of carbonyl (C=O) groups is 2. The van der Waals surface area contributed by atoms with Gasteiger partial charge < -0.3 is 14.4 Å². The molecule has 2 rings (SSSR count). The summed E-state index contributed by atoms with van der Waals surface area (Å²) in [6.07, 6.45) is -4.87. The van der Waals surface area contributed by atoms with Crippen molar-refractivity contribution in [3.63, 3.8) is 0 Å². The molecule has 0 bridgehead atoms. The van der Waals surface area contributed by atoms with Crippen molar-refractivity contribution in [2.45, 2.75) is 6.18 Å². The van der Waals surface area contributed by atoms with Crippen LogP contribution in [0.3, 0.4) is 0 Å². The first kappa shape index (κ1) is 15.1. The monoisotopic (exact) mass is 295 g/mol. The van der Waals surface area contributed by atoms with E-state index in [4.69, 9.17) is 4.74 Å². The predicted molar refractivity (Wildman–Crippen MR) is 60.5 cm³/mol. The Morgan fingerprint density at radius 2 is 1.80 bits per heavy atom. The van der Waals surface area contributed by atoms with Crippen LogP contribution in [0.15, 0.2) is 0 Å². The van der Waals surface area contributed by atoms with Gasteiger partial charge in [-0.1, -0.05) is 0 Å². The fourth-order valence-corrected chi connectivity index (χ4v) is 3.38. The molecule has 1 aliphatic heterocycles. The van der Waals surface area contributed by atoms with Crippen LogP contribution in [-0.4, -0.2) is 56.9 Å². The van der Waals surface area contributed by atoms with Gasteiger partial charge in [0.2, 0.25) is 0 Å². The Hall–Kier alpha value is -1.31. The Morgan fingerprint density at radius 3 is 2.30 bits per heavy atom. The molecular weight excluding hydrogens is 279 g/mol. The highest BCUT2D eigenvalue weighted by molar-refractivity contribution is 5.83. The van der Waals surface area contributed by atoms with Crippen molar-refractivity contribution in [1.82, 2.24) is 4.90 Å². The van der Waals surface area contributed by atoms with Gasteiger partial charge in [0, 0.05) is 26.1 Å². The van der Waals surface area contributed by atoms with E-state index in [-0.39, 0.29) is 37.5 Å². The van der Waals surface area contributed by atoms with Gasteiger partial charge in [-0.25, -0.2) is 0 Å². The smallest absolute Gasteiger partial charge is 0.469 e. The molecule has 1 saturated heterocycles. The summed E-state index contributed by atoms with van der Waals surface area (Å²) in [5.74, 6) is -3.37. The first-order valence-corrected chi connectivity index (χ1v) is 6.24. The van der Waals surface area contributed by atoms with E-state index < -0.39 is 24.0 Å². The van der Waals surface area contributed by atoms with Crippen LogP contribution in [0.2, 0.25) is 0 Å². The summed E-state index contributed by atoms with van der Waals surface area (Å²) in [6.45, 7) is 0.239. The van der Waals surface area contributed by atoms with Crippen LogP contribution >= 0.6 is 0 Å². The number of ether oxygens (including phenoxy) is 2. The summed E-state index contributed by atoms with van der Waals surface area (Å²) < 4.78 is 47.0. The molecule has 0 aromatic carbocycles. The van der Waals surface area contributed by atoms with Crippen LogP contribution in [0.5, 0.6) is 0 Å². The summed E-state index contributed by atoms with van der Waals surface area (Å²) in [4.78, 5) is 23.7. The van der Waals surface area contributed by atoms with Crippen molar-refractivity contribution in [3.05, 3.63) is 0 Å². The quantitative estimate of drug-likeness (QED) is 0.719. The average molecular weight is 295 g/mol. The SMILES string of the molecule is COC[C@H]1[C@@H]2CN(C(=O)C(F)(F)F)C[C@@H]2[C@H]1C(=O)OC. The van der Waals surface area contributed by atoms with E-state index in [1.807, 2.05) is 0 Å². The third-order valence-corrected chi connectivity index (χ3v) is 4.25. The summed E-state index contributed by atoms with van der Waals surface area (Å²) >= 11 is 0. The first-order valence-electron chi connectivity index (χ1n) is 6.24. The lowest BCUT2D eigenvalue weighted by atomic mass is 9.58. The number of methoxy groups -OCH3 is 2. The summed E-state index contributed by atoms with van der Waals surface area (Å²) in [5, 5.41) is 0. The van der Waals surface area contributed by atoms with E-state index in [0.29, 0.717) is 0 Å². The Balaban J connectivity index is 2.09. The minimum atomic E-state index is -4.87. The second-order valence-corrected chi connectivity index (χ2v) is 5.20. The molecular formula is C12H16F3NO4. The average Bonchev–Trinajstić information content (AvgIpc) is 2.73. The molecule has 0 radical (unpaired) electrons. The molecule has 0 unspecified atom stereocenters. The van der Waals surface area contributed by atoms with Crippen molar-refractivity contribution in [3.8, 4) is 0 Å². The minimum Gasteiger partial charge on any atom is -0.469 e. The Labute approximate surface area is 114 Å². The molecule has 1 heterocycles. The molecule has 0 N–H and O–H groups in total. The van der Waals surface area contributed by atoms with Crippen LogP contribution in [0, 0.1) is 23.7 Å². The van der Waals surface area contributed by atoms with Gasteiger partial charge in [0.25, 0.3) is 0 Å². The van der Waals surface area contributed by atoms with Gasteiger partial charge in [-0.05, 0) is 11.8 Å². The number of hydrogen-bond acceptors (Lipinski definition) is 4. The molecule has 0 spiro atoms. The summed E-state index contributed by atoms with van der Waals surface area (Å²) in [5.41, 5.74) is 0. The molecule has 1 saturated carbocycles. The summed E-state index contributed by atoms with van der Waals surface area (Å²) in [7, 11) is 2.71. The van der Waals surface area contributed by atoms with Crippen molar-refractivity contribution < 1.29 is 32.2 Å². The molecule has 0 aromatic heterocycles. The van der Waals surface area contributed by atoms with E-state index in [1.165, 1.54) is 14.2 Å². The topological polar surface area (TPSA) is 55.8 Å². The zero-order valence-corrected chi connectivity index (χ0v) is 11.1. The Bertz CT molecular complexity index is 412. The Kier molecular flexibility index (Phi) is 3.95. The molecule has 0 aromatic rings. The van der Waals surface area contributed by atoms with Gasteiger partial charge in [-0.15, -0.1) is 0 Å². The second-order valence-electron chi connectivity index (χ2n) is 5.20. The van der Waals surface area contributed by atoms with E-state index in [1.54, 1.807) is 0 Å². The number of amides is 1. The lowest BCUT2D eigenvalue weighted by Gasteiger charge is -2.45. The van der Waals surface area contributed by atoms with Crippen molar-refractivity contribution in [2.24, 2.45) is 23.7 Å². The zero-order chi connectivity index (χ0) is 15.1. The van der Waals surface area contributed by atoms with Gasteiger partial charge in [-0.3, -0.25) is 9.59 Å². The van der Waals surface area contributed by atoms with Gasteiger partial charge in [0.05, 0.1) is 19.6 Å². The third kappa shape index (κ3) is 2.36. The normalized spacial score (nSPS) is 32.5. The standard InChI is InChI=1S/C12H16F3NO4/c1-19-5-8-6-3-16(11(18)12(13,14)15)4-7(6)9(8)10(17)20-2/h6-9H,3-5H2,1-2H3/t6-,7+,8+,9-/m1/s1. The van der Waals surface area contributed by atoms with Gasteiger partial charge in [-0.2, -0.15) is 13.2 Å². The van der Waals surface area contributed by atoms with Crippen molar-refractivity contribution in [2.75, 3.05) is 33.9 Å². The van der Waals surface area contributed by atoms with E-state index >= 15 is 0 Å². The molecule has 5 nitrogen and oxygen atoms in total. The number of carbonyl (C=O) groups excluding carboxylic acids is 2. The largest absolute Gasteiger partial charge is 0.471 e. The van der Waals surface area contributed by atoms with Gasteiger partial charge >= 0.3 is 18.1 Å². The van der Waals surface area contributed by atoms with E-state index in [9.17, 15) is 22.8 Å². The molecule has 20 heavy (non-hydrogen) atoms. The second kappa shape index (κ2) is 5.23. The maximum Gasteiger partial charge on any atom is 0.471 e. The predicted octanol–water partition coefficient (Wildman–Crippen LogP) is 0.689. The minimum absolute atomic E-state index is 0.0184. The lowest BCUT2D eigenvalue weighted by molar-refractivity contribution is -0.184. The molecule has 1 aliphatic carbocycles. The maximum absolute atomic E-state index is 12.4. The van der Waals surface area contributed by atoms with Gasteiger partial charge in [0.1, 0.15) is 0 Å². The number of alkyl halides is 3. The van der Waals surface area contributed by atoms with Crippen molar-refractivity contribution in [1.29, 1.82) is 0 Å². The molecule has 4 atom stereocenters. The molecule has 114 valence electrons. The van der Waals surface area contributed by atoms with Crippen LogP contribution in [0.25, 0.3) is 0 Å². The number of nitrogens with zero attached hydrogens (tertiary/aromatic N) is 1. The van der Waals surface area contributed by atoms with Crippen LogP contribution < -0.4 is 0 Å². The third-order valence-electron chi connectivity index (χ3n) is 4.25. The number of esters is 1. The first-order chi connectivity index (χ1) is 9.31. The molecule has 2 fully saturated rings. The number of fused-ring (bicyclic) bond motifs is 1. The Morgan fingerprint density at radius 1 is 1.20 bits per heavy atom. The number of hydrogen-bond donors (Lipinski definition) is 0. The molecule has 8 heteroatoms. The lowest BCUT2D eigenvalue weighted by Crippen LogP contribution is -2.52. The van der Waals surface area contributed by atoms with Crippen LogP contribution in [0.4, 0.5) is 13.2 Å². The fourth-order valence-electron chi connectivity index (χ4n) is 3.38. The summed E-state index contributed by atoms with van der Waals surface area (Å²) in [6, 6.07) is 0. The van der Waals surface area contributed by atoms with Crippen LogP contribution in [-0.2, 0) is 19.1 Å². The highest BCUT2D eigenvalue weighted by Crippen LogP contribution is 2.51. The maximum atomic E-state index is 12.4. The number of rotatable bonds is 3. The fraction of sp³-hybridized carbons (Fsp3) is 0.833. The highest BCUT2D eigenvalue weighted by atomic mass is 19.4. The molecule has 1 amide bonds. The number of halogens is 3. The van der Waals surface area contributed by atoms with Crippen molar-refractivity contribution >= 4 is 11.9 Å². The van der Waals surface area contributed by atoms with Gasteiger partial charge in [0.15, 0.2) is 0 Å². The van der Waals surface area contributed by atoms with E-state index in [2.05, 4.69) is 4.74 Å². The van der Waals surface area contributed by atoms with Crippen LogP contribution in [0.1, 0.15) is 0 Å². The zero-order valence-electron chi connectivity index (χ0n) is 11.1. The highest BCUT2D eigenvalue weighted by Gasteiger charge is 2.60. The molecule has 2 aliphatic rings. The number of likely N-dealkylation sites (tertiary alicyclic amines) is 1. The van der Waals surface area contributed by atoms with E-state index in [0.717, 1.165) is 4.90 Å².